The molecule has 0 heterocycles. The van der Waals surface area contributed by atoms with Gasteiger partial charge in [-0.2, -0.15) is 0 Å². The molecular weight excluding hydrogens is 308 g/mol. The Labute approximate surface area is 122 Å². The fraction of sp³-hybridized carbons (Fsp3) is 0.500. The van der Waals surface area contributed by atoms with Crippen LogP contribution in [0.5, 0.6) is 0 Å². The monoisotopic (exact) mass is 324 g/mol. The molecule has 2 aliphatic rings. The molecule has 96 valence electrons. The molecular formula is C14H17BrN2S. The highest BCUT2D eigenvalue weighted by Crippen LogP contribution is 2.38. The van der Waals surface area contributed by atoms with Crippen LogP contribution in [0.3, 0.4) is 0 Å². The molecule has 0 atom stereocenters. The Morgan fingerprint density at radius 3 is 2.56 bits per heavy atom. The molecule has 0 unspecified atom stereocenters. The summed E-state index contributed by atoms with van der Waals surface area (Å²) >= 11 is 8.61. The average molecular weight is 325 g/mol. The van der Waals surface area contributed by atoms with Gasteiger partial charge in [0.25, 0.3) is 0 Å². The van der Waals surface area contributed by atoms with E-state index in [1.807, 2.05) is 6.07 Å². The Bertz CT molecular complexity index is 481. The standard InChI is InChI=1S/C14H17BrN2S/c15-13-7-11(5-6-12(13)14(16)18)17(10-3-4-10)8-9-1-2-9/h5-7,9-10H,1-4,8H2,(H2,16,18). The molecule has 2 aliphatic carbocycles. The summed E-state index contributed by atoms with van der Waals surface area (Å²) in [5.74, 6) is 0.916. The lowest BCUT2D eigenvalue weighted by Crippen LogP contribution is -2.28. The number of thiocarbonyl (C=S) groups is 1. The number of rotatable bonds is 5. The van der Waals surface area contributed by atoms with Crippen molar-refractivity contribution in [3.05, 3.63) is 28.2 Å². The van der Waals surface area contributed by atoms with Gasteiger partial charge in [0, 0.05) is 28.3 Å². The summed E-state index contributed by atoms with van der Waals surface area (Å²) < 4.78 is 1.01. The van der Waals surface area contributed by atoms with Gasteiger partial charge in [0.05, 0.1) is 0 Å². The smallest absolute Gasteiger partial charge is 0.105 e. The lowest BCUT2D eigenvalue weighted by atomic mass is 10.2. The van der Waals surface area contributed by atoms with Crippen LogP contribution in [-0.2, 0) is 0 Å². The van der Waals surface area contributed by atoms with Crippen molar-refractivity contribution in [1.82, 2.24) is 0 Å². The van der Waals surface area contributed by atoms with Crippen LogP contribution in [0.15, 0.2) is 22.7 Å². The fourth-order valence-corrected chi connectivity index (χ4v) is 3.20. The van der Waals surface area contributed by atoms with E-state index in [1.165, 1.54) is 37.9 Å². The third-order valence-corrected chi connectivity index (χ3v) is 4.57. The Hall–Kier alpha value is -0.610. The topological polar surface area (TPSA) is 29.3 Å². The SMILES string of the molecule is NC(=S)c1ccc(N(CC2CC2)C2CC2)cc1Br. The van der Waals surface area contributed by atoms with Gasteiger partial charge in [0.1, 0.15) is 4.99 Å². The first kappa shape index (κ1) is 12.4. The molecule has 0 bridgehead atoms. The van der Waals surface area contributed by atoms with Crippen molar-refractivity contribution in [3.63, 3.8) is 0 Å². The lowest BCUT2D eigenvalue weighted by Gasteiger charge is -2.25. The van der Waals surface area contributed by atoms with Crippen molar-refractivity contribution < 1.29 is 0 Å². The van der Waals surface area contributed by atoms with E-state index in [1.54, 1.807) is 0 Å². The summed E-state index contributed by atoms with van der Waals surface area (Å²) in [6, 6.07) is 7.10. The van der Waals surface area contributed by atoms with Gasteiger partial charge in [-0.1, -0.05) is 12.2 Å². The Morgan fingerprint density at radius 1 is 1.33 bits per heavy atom. The molecule has 1 aromatic rings. The van der Waals surface area contributed by atoms with Crippen molar-refractivity contribution in [3.8, 4) is 0 Å². The number of hydrogen-bond acceptors (Lipinski definition) is 2. The Kier molecular flexibility index (Phi) is 3.32. The van der Waals surface area contributed by atoms with Gasteiger partial charge in [-0.15, -0.1) is 0 Å². The second kappa shape index (κ2) is 4.82. The van der Waals surface area contributed by atoms with Gasteiger partial charge in [-0.05, 0) is 65.7 Å². The van der Waals surface area contributed by atoms with E-state index in [2.05, 4.69) is 33.0 Å². The second-order valence-corrected chi connectivity index (χ2v) is 6.65. The van der Waals surface area contributed by atoms with Crippen LogP contribution in [0.1, 0.15) is 31.2 Å². The van der Waals surface area contributed by atoms with E-state index < -0.39 is 0 Å². The third kappa shape index (κ3) is 2.69. The summed E-state index contributed by atoms with van der Waals surface area (Å²) in [5, 5.41) is 0. The van der Waals surface area contributed by atoms with E-state index in [0.29, 0.717) is 4.99 Å². The quantitative estimate of drug-likeness (QED) is 0.841. The summed E-state index contributed by atoms with van der Waals surface area (Å²) in [4.78, 5) is 3.01. The average Bonchev–Trinajstić information content (AvgIpc) is 3.18. The van der Waals surface area contributed by atoms with Gasteiger partial charge in [0.15, 0.2) is 0 Å². The maximum Gasteiger partial charge on any atom is 0.105 e. The van der Waals surface area contributed by atoms with Crippen molar-refractivity contribution in [2.75, 3.05) is 11.4 Å². The van der Waals surface area contributed by atoms with Crippen LogP contribution in [0.25, 0.3) is 0 Å². The van der Waals surface area contributed by atoms with E-state index in [4.69, 9.17) is 18.0 Å². The highest BCUT2D eigenvalue weighted by molar-refractivity contribution is 9.10. The molecule has 2 N–H and O–H groups in total. The van der Waals surface area contributed by atoms with E-state index in [0.717, 1.165) is 22.0 Å². The van der Waals surface area contributed by atoms with E-state index in [9.17, 15) is 0 Å². The number of nitrogens with zero attached hydrogens (tertiary/aromatic N) is 1. The second-order valence-electron chi connectivity index (χ2n) is 5.36. The largest absolute Gasteiger partial charge is 0.389 e. The first-order valence-electron chi connectivity index (χ1n) is 6.51. The number of nitrogens with two attached hydrogens (primary N) is 1. The van der Waals surface area contributed by atoms with Crippen molar-refractivity contribution >= 4 is 38.8 Å². The van der Waals surface area contributed by atoms with E-state index in [-0.39, 0.29) is 0 Å². The summed E-state index contributed by atoms with van der Waals surface area (Å²) in [6.45, 7) is 1.21. The Balaban J connectivity index is 1.84. The van der Waals surface area contributed by atoms with Crippen LogP contribution in [0.2, 0.25) is 0 Å². The predicted molar refractivity (Wildman–Crippen MR) is 83.1 cm³/mol. The summed E-state index contributed by atoms with van der Waals surface area (Å²) in [7, 11) is 0. The molecule has 4 heteroatoms. The fourth-order valence-electron chi connectivity index (χ4n) is 2.31. The highest BCUT2D eigenvalue weighted by atomic mass is 79.9. The molecule has 0 spiro atoms. The summed E-state index contributed by atoms with van der Waals surface area (Å²) in [6.07, 6.45) is 5.47. The molecule has 0 saturated heterocycles. The zero-order valence-corrected chi connectivity index (χ0v) is 12.6. The number of hydrogen-bond donors (Lipinski definition) is 1. The molecule has 18 heavy (non-hydrogen) atoms. The Morgan fingerprint density at radius 2 is 2.06 bits per heavy atom. The molecule has 2 nitrogen and oxygen atoms in total. The normalized spacial score (nSPS) is 18.7. The first-order chi connectivity index (χ1) is 8.65. The van der Waals surface area contributed by atoms with Gasteiger partial charge < -0.3 is 10.6 Å². The van der Waals surface area contributed by atoms with E-state index >= 15 is 0 Å². The molecule has 0 radical (unpaired) electrons. The lowest BCUT2D eigenvalue weighted by molar-refractivity contribution is 0.719. The van der Waals surface area contributed by atoms with Crippen molar-refractivity contribution in [2.45, 2.75) is 31.7 Å². The molecule has 0 aliphatic heterocycles. The maximum atomic E-state index is 5.69. The highest BCUT2D eigenvalue weighted by Gasteiger charge is 2.33. The van der Waals surface area contributed by atoms with Crippen LogP contribution in [-0.4, -0.2) is 17.6 Å². The third-order valence-electron chi connectivity index (χ3n) is 3.69. The molecule has 1 aromatic carbocycles. The van der Waals surface area contributed by atoms with Crippen LogP contribution < -0.4 is 10.6 Å². The van der Waals surface area contributed by atoms with Crippen LogP contribution in [0, 0.1) is 5.92 Å². The first-order valence-corrected chi connectivity index (χ1v) is 7.71. The molecule has 3 rings (SSSR count). The van der Waals surface area contributed by atoms with Gasteiger partial charge in [-0.25, -0.2) is 0 Å². The predicted octanol–water partition coefficient (Wildman–Crippen LogP) is 3.46. The number of anilines is 1. The van der Waals surface area contributed by atoms with Crippen LogP contribution >= 0.6 is 28.1 Å². The van der Waals surface area contributed by atoms with Crippen molar-refractivity contribution in [1.29, 1.82) is 0 Å². The minimum Gasteiger partial charge on any atom is -0.389 e. The maximum absolute atomic E-state index is 5.69. The molecule has 0 amide bonds. The minimum absolute atomic E-state index is 0.452. The minimum atomic E-state index is 0.452. The van der Waals surface area contributed by atoms with Crippen molar-refractivity contribution in [2.24, 2.45) is 11.7 Å². The van der Waals surface area contributed by atoms with Gasteiger partial charge in [-0.3, -0.25) is 0 Å². The number of halogens is 1. The van der Waals surface area contributed by atoms with Gasteiger partial charge >= 0.3 is 0 Å². The van der Waals surface area contributed by atoms with Gasteiger partial charge in [0.2, 0.25) is 0 Å². The zero-order chi connectivity index (χ0) is 12.7. The number of benzene rings is 1. The summed E-state index contributed by atoms with van der Waals surface area (Å²) in [5.41, 5.74) is 7.92. The molecule has 2 fully saturated rings. The molecule has 0 aromatic heterocycles. The van der Waals surface area contributed by atoms with Crippen LogP contribution in [0.4, 0.5) is 5.69 Å². The molecule has 2 saturated carbocycles. The zero-order valence-electron chi connectivity index (χ0n) is 10.2.